The van der Waals surface area contributed by atoms with Crippen LogP contribution in [0.5, 0.6) is 0 Å². The Hall–Kier alpha value is -1.51. The van der Waals surface area contributed by atoms with Crippen LogP contribution in [-0.2, 0) is 0 Å². The number of nitrogens with zero attached hydrogens (tertiary/aromatic N) is 1. The van der Waals surface area contributed by atoms with Gasteiger partial charge in [-0.25, -0.2) is 0 Å². The monoisotopic (exact) mass is 149 g/mol. The summed E-state index contributed by atoms with van der Waals surface area (Å²) in [6.45, 7) is 1.74. The zero-order chi connectivity index (χ0) is 8.27. The average Bonchev–Trinajstić information content (AvgIpc) is 2.04. The topological polar surface area (TPSA) is 47.0 Å². The minimum atomic E-state index is 0.385. The first-order valence-corrected chi connectivity index (χ1v) is 3.15. The third-order valence-corrected chi connectivity index (χ3v) is 1.39. The molecule has 0 spiro atoms. The van der Waals surface area contributed by atoms with E-state index in [4.69, 9.17) is 0 Å². The number of carbonyl (C=O) groups excluding carboxylic acids is 2. The van der Waals surface area contributed by atoms with Crippen LogP contribution >= 0.6 is 0 Å². The van der Waals surface area contributed by atoms with Crippen molar-refractivity contribution in [3.05, 3.63) is 29.1 Å². The number of rotatable bonds is 2. The van der Waals surface area contributed by atoms with Crippen LogP contribution in [0.15, 0.2) is 12.3 Å². The van der Waals surface area contributed by atoms with Crippen molar-refractivity contribution in [1.29, 1.82) is 0 Å². The van der Waals surface area contributed by atoms with Gasteiger partial charge in [-0.05, 0) is 18.6 Å². The summed E-state index contributed by atoms with van der Waals surface area (Å²) in [5, 5.41) is 0. The van der Waals surface area contributed by atoms with Gasteiger partial charge in [0.25, 0.3) is 0 Å². The zero-order valence-corrected chi connectivity index (χ0v) is 6.07. The van der Waals surface area contributed by atoms with E-state index in [1.165, 1.54) is 6.20 Å². The van der Waals surface area contributed by atoms with Gasteiger partial charge in [0, 0.05) is 11.8 Å². The lowest BCUT2D eigenvalue weighted by atomic mass is 10.2. The van der Waals surface area contributed by atoms with Crippen LogP contribution in [-0.4, -0.2) is 17.6 Å². The van der Waals surface area contributed by atoms with Crippen LogP contribution in [0.3, 0.4) is 0 Å². The molecule has 0 radical (unpaired) electrons. The van der Waals surface area contributed by atoms with E-state index in [2.05, 4.69) is 4.98 Å². The Morgan fingerprint density at radius 1 is 1.36 bits per heavy atom. The maximum atomic E-state index is 10.3. The lowest BCUT2D eigenvalue weighted by molar-refractivity contribution is 0.110. The summed E-state index contributed by atoms with van der Waals surface area (Å²) in [7, 11) is 0. The van der Waals surface area contributed by atoms with E-state index in [1.807, 2.05) is 0 Å². The third-order valence-electron chi connectivity index (χ3n) is 1.39. The predicted molar refractivity (Wildman–Crippen MR) is 39.7 cm³/mol. The molecule has 56 valence electrons. The molecule has 0 aromatic carbocycles. The summed E-state index contributed by atoms with van der Waals surface area (Å²) >= 11 is 0. The molecule has 0 bridgehead atoms. The largest absolute Gasteiger partial charge is 0.298 e. The smallest absolute Gasteiger partial charge is 0.168 e. The third kappa shape index (κ3) is 1.49. The van der Waals surface area contributed by atoms with Crippen molar-refractivity contribution in [2.75, 3.05) is 0 Å². The molecule has 0 atom stereocenters. The van der Waals surface area contributed by atoms with E-state index < -0.39 is 0 Å². The molecule has 3 nitrogen and oxygen atoms in total. The van der Waals surface area contributed by atoms with Gasteiger partial charge in [0.15, 0.2) is 12.6 Å². The number of aromatic nitrogens is 1. The van der Waals surface area contributed by atoms with Gasteiger partial charge >= 0.3 is 0 Å². The Bertz CT molecular complexity index is 294. The standard InChI is InChI=1S/C8H7NO2/c1-6-2-7(4-10)3-9-8(6)5-11/h2-5H,1H3. The Kier molecular flexibility index (Phi) is 2.11. The summed E-state index contributed by atoms with van der Waals surface area (Å²) in [5.41, 5.74) is 1.60. The van der Waals surface area contributed by atoms with Crippen molar-refractivity contribution in [1.82, 2.24) is 4.98 Å². The first-order chi connectivity index (χ1) is 5.27. The molecular formula is C8H7NO2. The maximum absolute atomic E-state index is 10.3. The minimum absolute atomic E-state index is 0.385. The van der Waals surface area contributed by atoms with Crippen molar-refractivity contribution in [3.8, 4) is 0 Å². The Morgan fingerprint density at radius 3 is 2.55 bits per heavy atom. The van der Waals surface area contributed by atoms with Gasteiger partial charge in [-0.1, -0.05) is 0 Å². The molecule has 0 aliphatic heterocycles. The molecule has 0 saturated carbocycles. The fourth-order valence-corrected chi connectivity index (χ4v) is 0.795. The van der Waals surface area contributed by atoms with E-state index in [9.17, 15) is 9.59 Å². The molecule has 0 amide bonds. The molecule has 0 fully saturated rings. The second-order valence-electron chi connectivity index (χ2n) is 2.21. The highest BCUT2D eigenvalue weighted by atomic mass is 16.1. The predicted octanol–water partition coefficient (Wildman–Crippen LogP) is 1.02. The Labute approximate surface area is 64.1 Å². The first kappa shape index (κ1) is 7.60. The highest BCUT2D eigenvalue weighted by Gasteiger charge is 1.98. The van der Waals surface area contributed by atoms with Gasteiger partial charge in [-0.3, -0.25) is 14.6 Å². The summed E-state index contributed by atoms with van der Waals surface area (Å²) < 4.78 is 0. The first-order valence-electron chi connectivity index (χ1n) is 3.15. The number of hydrogen-bond acceptors (Lipinski definition) is 3. The van der Waals surface area contributed by atoms with Crippen molar-refractivity contribution < 1.29 is 9.59 Å². The molecule has 0 aliphatic rings. The quantitative estimate of drug-likeness (QED) is 0.589. The summed E-state index contributed by atoms with van der Waals surface area (Å²) in [6.07, 6.45) is 2.75. The van der Waals surface area contributed by atoms with Gasteiger partial charge < -0.3 is 0 Å². The maximum Gasteiger partial charge on any atom is 0.168 e. The Morgan fingerprint density at radius 2 is 2.09 bits per heavy atom. The van der Waals surface area contributed by atoms with Crippen LogP contribution in [0.1, 0.15) is 26.4 Å². The number of aldehydes is 2. The molecule has 1 heterocycles. The van der Waals surface area contributed by atoms with Gasteiger partial charge in [0.05, 0.1) is 0 Å². The van der Waals surface area contributed by atoms with Crippen molar-refractivity contribution >= 4 is 12.6 Å². The number of aryl methyl sites for hydroxylation is 1. The number of hydrogen-bond donors (Lipinski definition) is 0. The summed E-state index contributed by atoms with van der Waals surface area (Å²) in [6, 6.07) is 1.63. The number of carbonyl (C=O) groups is 2. The van der Waals surface area contributed by atoms with Gasteiger partial charge in [-0.15, -0.1) is 0 Å². The van der Waals surface area contributed by atoms with E-state index in [0.717, 1.165) is 5.56 Å². The fourth-order valence-electron chi connectivity index (χ4n) is 0.795. The van der Waals surface area contributed by atoms with Gasteiger partial charge in [0.2, 0.25) is 0 Å². The molecule has 1 aromatic rings. The van der Waals surface area contributed by atoms with E-state index in [1.54, 1.807) is 13.0 Å². The zero-order valence-electron chi connectivity index (χ0n) is 6.07. The van der Waals surface area contributed by atoms with Crippen molar-refractivity contribution in [3.63, 3.8) is 0 Å². The van der Waals surface area contributed by atoms with Crippen LogP contribution in [0.4, 0.5) is 0 Å². The minimum Gasteiger partial charge on any atom is -0.298 e. The van der Waals surface area contributed by atoms with Crippen LogP contribution in [0.2, 0.25) is 0 Å². The lowest BCUT2D eigenvalue weighted by Gasteiger charge is -1.95. The molecule has 0 saturated heterocycles. The molecule has 3 heteroatoms. The van der Waals surface area contributed by atoms with E-state index >= 15 is 0 Å². The lowest BCUT2D eigenvalue weighted by Crippen LogP contribution is -1.93. The highest BCUT2D eigenvalue weighted by molar-refractivity contribution is 5.78. The SMILES string of the molecule is Cc1cc(C=O)cnc1C=O. The molecule has 11 heavy (non-hydrogen) atoms. The fraction of sp³-hybridized carbons (Fsp3) is 0.125. The molecule has 0 unspecified atom stereocenters. The Balaban J connectivity index is 3.18. The van der Waals surface area contributed by atoms with Crippen LogP contribution in [0.25, 0.3) is 0 Å². The molecule has 0 N–H and O–H groups in total. The normalized spacial score (nSPS) is 9.18. The summed E-state index contributed by atoms with van der Waals surface area (Å²) in [4.78, 5) is 24.3. The van der Waals surface area contributed by atoms with Crippen molar-refractivity contribution in [2.45, 2.75) is 6.92 Å². The molecule has 1 aromatic heterocycles. The number of pyridine rings is 1. The highest BCUT2D eigenvalue weighted by Crippen LogP contribution is 2.03. The summed E-state index contributed by atoms with van der Waals surface area (Å²) in [5.74, 6) is 0. The van der Waals surface area contributed by atoms with Gasteiger partial charge in [-0.2, -0.15) is 0 Å². The molecular weight excluding hydrogens is 142 g/mol. The van der Waals surface area contributed by atoms with Crippen molar-refractivity contribution in [2.24, 2.45) is 0 Å². The molecule has 0 aliphatic carbocycles. The van der Waals surface area contributed by atoms with Crippen LogP contribution in [0, 0.1) is 6.92 Å². The second kappa shape index (κ2) is 3.05. The molecule has 1 rings (SSSR count). The van der Waals surface area contributed by atoms with E-state index in [-0.39, 0.29) is 0 Å². The average molecular weight is 149 g/mol. The van der Waals surface area contributed by atoms with Crippen LogP contribution < -0.4 is 0 Å². The second-order valence-corrected chi connectivity index (χ2v) is 2.21. The van der Waals surface area contributed by atoms with Gasteiger partial charge in [0.1, 0.15) is 5.69 Å². The van der Waals surface area contributed by atoms with E-state index in [0.29, 0.717) is 23.8 Å².